The maximum absolute atomic E-state index is 15.5. The average Bonchev–Trinajstić information content (AvgIpc) is 3.22. The van der Waals surface area contributed by atoms with Crippen LogP contribution in [0, 0.1) is 5.82 Å². The second-order valence-corrected chi connectivity index (χ2v) is 10.1. The van der Waals surface area contributed by atoms with Gasteiger partial charge in [-0.3, -0.25) is 5.43 Å². The van der Waals surface area contributed by atoms with Crippen LogP contribution in [0.25, 0.3) is 0 Å². The van der Waals surface area contributed by atoms with Gasteiger partial charge in [-0.15, -0.1) is 0 Å². The van der Waals surface area contributed by atoms with E-state index in [1.807, 2.05) is 30.0 Å². The minimum Gasteiger partial charge on any atom is -0.375 e. The van der Waals surface area contributed by atoms with E-state index >= 15 is 4.39 Å². The second kappa shape index (κ2) is 11.7. The van der Waals surface area contributed by atoms with Crippen molar-refractivity contribution in [1.82, 2.24) is 15.3 Å². The van der Waals surface area contributed by atoms with Crippen LogP contribution in [-0.2, 0) is 6.18 Å². The van der Waals surface area contributed by atoms with Gasteiger partial charge in [-0.25, -0.2) is 9.37 Å². The normalized spacial score (nSPS) is 18.9. The van der Waals surface area contributed by atoms with E-state index in [1.165, 1.54) is 18.3 Å². The highest BCUT2D eigenvalue weighted by atomic mass is 32.1. The molecule has 2 aliphatic rings. The molecule has 8 nitrogen and oxygen atoms in total. The summed E-state index contributed by atoms with van der Waals surface area (Å²) < 4.78 is 54.2. The van der Waals surface area contributed by atoms with Crippen molar-refractivity contribution in [3.8, 4) is 0 Å². The van der Waals surface area contributed by atoms with Gasteiger partial charge in [-0.05, 0) is 63.4 Å². The van der Waals surface area contributed by atoms with E-state index in [1.54, 1.807) is 0 Å². The molecule has 2 fully saturated rings. The SMILES string of the molecule is CN(C)[C@@H]1CCN(c2cc(N3CCCN(c4ccc(C(F)(F)F)cn4)CC3)c(F)cc2C=NNC(N)=S)C1. The summed E-state index contributed by atoms with van der Waals surface area (Å²) in [5, 5.41) is 4.07. The smallest absolute Gasteiger partial charge is 0.375 e. The van der Waals surface area contributed by atoms with Gasteiger partial charge >= 0.3 is 6.18 Å². The number of likely N-dealkylation sites (N-methyl/N-ethyl adjacent to an activating group) is 1. The molecule has 2 aliphatic heterocycles. The van der Waals surface area contributed by atoms with Crippen LogP contribution in [0.1, 0.15) is 24.0 Å². The van der Waals surface area contributed by atoms with E-state index in [-0.39, 0.29) is 10.9 Å². The van der Waals surface area contributed by atoms with Crippen LogP contribution < -0.4 is 25.9 Å². The van der Waals surface area contributed by atoms with E-state index in [9.17, 15) is 13.2 Å². The number of nitrogens with zero attached hydrogens (tertiary/aromatic N) is 6. The maximum atomic E-state index is 15.5. The van der Waals surface area contributed by atoms with Crippen LogP contribution in [0.15, 0.2) is 35.6 Å². The molecule has 4 rings (SSSR count). The molecule has 2 aromatic rings. The van der Waals surface area contributed by atoms with Gasteiger partial charge in [0.15, 0.2) is 5.11 Å². The fraction of sp³-hybridized carbons (Fsp3) is 0.480. The molecule has 206 valence electrons. The number of halogens is 4. The van der Waals surface area contributed by atoms with E-state index < -0.39 is 11.7 Å². The van der Waals surface area contributed by atoms with Crippen molar-refractivity contribution in [3.63, 3.8) is 0 Å². The standard InChI is InChI=1S/C25H32F4N8S/c1-34(2)19-6-9-37(16-19)21-13-22(20(26)12-17(21)14-32-33-24(30)38)35-7-3-8-36(11-10-35)23-5-4-18(15-31-23)25(27,28)29/h4-5,12-15,19H,3,6-11,16H2,1-2H3,(H3,30,33,38)/t19-/m1/s1. The summed E-state index contributed by atoms with van der Waals surface area (Å²) in [6.07, 6.45) is -0.370. The van der Waals surface area contributed by atoms with Crippen LogP contribution in [0.3, 0.4) is 0 Å². The Morgan fingerprint density at radius 3 is 2.47 bits per heavy atom. The van der Waals surface area contributed by atoms with Crippen LogP contribution in [-0.4, -0.2) is 80.6 Å². The molecule has 1 atom stereocenters. The topological polar surface area (TPSA) is 76.3 Å². The third kappa shape index (κ3) is 6.62. The first-order valence-electron chi connectivity index (χ1n) is 12.4. The van der Waals surface area contributed by atoms with Gasteiger partial charge in [-0.2, -0.15) is 18.3 Å². The van der Waals surface area contributed by atoms with Gasteiger partial charge in [0.2, 0.25) is 0 Å². The lowest BCUT2D eigenvalue weighted by molar-refractivity contribution is -0.137. The summed E-state index contributed by atoms with van der Waals surface area (Å²) >= 11 is 4.81. The Hall–Kier alpha value is -3.19. The predicted molar refractivity (Wildman–Crippen MR) is 147 cm³/mol. The number of nitrogens with one attached hydrogen (secondary N) is 1. The molecule has 1 aromatic carbocycles. The van der Waals surface area contributed by atoms with Gasteiger partial charge in [-0.1, -0.05) is 0 Å². The lowest BCUT2D eigenvalue weighted by Crippen LogP contribution is -2.33. The first-order chi connectivity index (χ1) is 18.0. The Morgan fingerprint density at radius 2 is 1.84 bits per heavy atom. The Morgan fingerprint density at radius 1 is 1.11 bits per heavy atom. The zero-order chi connectivity index (χ0) is 27.4. The van der Waals surface area contributed by atoms with Gasteiger partial charge in [0.1, 0.15) is 11.6 Å². The zero-order valence-electron chi connectivity index (χ0n) is 21.4. The van der Waals surface area contributed by atoms with E-state index in [0.717, 1.165) is 37.5 Å². The largest absolute Gasteiger partial charge is 0.417 e. The highest BCUT2D eigenvalue weighted by Crippen LogP contribution is 2.33. The maximum Gasteiger partial charge on any atom is 0.417 e. The molecule has 38 heavy (non-hydrogen) atoms. The van der Waals surface area contributed by atoms with Crippen molar-refractivity contribution in [2.45, 2.75) is 25.1 Å². The highest BCUT2D eigenvalue weighted by molar-refractivity contribution is 7.80. The summed E-state index contributed by atoms with van der Waals surface area (Å²) in [5.74, 6) is 0.0969. The molecular formula is C25H32F4N8S. The van der Waals surface area contributed by atoms with Crippen LogP contribution >= 0.6 is 12.2 Å². The van der Waals surface area contributed by atoms with Crippen LogP contribution in [0.4, 0.5) is 34.8 Å². The highest BCUT2D eigenvalue weighted by Gasteiger charge is 2.31. The summed E-state index contributed by atoms with van der Waals surface area (Å²) in [6, 6.07) is 6.15. The van der Waals surface area contributed by atoms with Crippen molar-refractivity contribution in [1.29, 1.82) is 0 Å². The van der Waals surface area contributed by atoms with Gasteiger partial charge < -0.3 is 25.3 Å². The molecule has 0 bridgehead atoms. The number of alkyl halides is 3. The zero-order valence-corrected chi connectivity index (χ0v) is 22.2. The van der Waals surface area contributed by atoms with Crippen LogP contribution in [0.2, 0.25) is 0 Å². The third-order valence-corrected chi connectivity index (χ3v) is 7.04. The number of hydrazone groups is 1. The second-order valence-electron chi connectivity index (χ2n) is 9.68. The van der Waals surface area contributed by atoms with Crippen molar-refractivity contribution >= 4 is 40.7 Å². The van der Waals surface area contributed by atoms with Crippen molar-refractivity contribution in [2.75, 3.05) is 68.1 Å². The lowest BCUT2D eigenvalue weighted by atomic mass is 10.1. The number of anilines is 3. The molecule has 0 radical (unpaired) electrons. The monoisotopic (exact) mass is 552 g/mol. The lowest BCUT2D eigenvalue weighted by Gasteiger charge is -2.28. The summed E-state index contributed by atoms with van der Waals surface area (Å²) in [7, 11) is 4.10. The molecule has 2 saturated heterocycles. The Balaban J connectivity index is 1.56. The summed E-state index contributed by atoms with van der Waals surface area (Å²) in [5.41, 5.74) is 9.17. The number of aromatic nitrogens is 1. The summed E-state index contributed by atoms with van der Waals surface area (Å²) in [6.45, 7) is 3.83. The molecule has 3 heterocycles. The van der Waals surface area contributed by atoms with E-state index in [4.69, 9.17) is 18.0 Å². The molecule has 0 amide bonds. The first kappa shape index (κ1) is 27.8. The van der Waals surface area contributed by atoms with E-state index in [0.29, 0.717) is 55.7 Å². The molecule has 13 heteroatoms. The van der Waals surface area contributed by atoms with E-state index in [2.05, 4.69) is 25.3 Å². The van der Waals surface area contributed by atoms with Gasteiger partial charge in [0.25, 0.3) is 0 Å². The summed E-state index contributed by atoms with van der Waals surface area (Å²) in [4.78, 5) is 12.4. The molecule has 0 spiro atoms. The molecule has 3 N–H and O–H groups in total. The molecule has 0 saturated carbocycles. The number of thiocarbonyl (C=S) groups is 1. The molecule has 1 aromatic heterocycles. The quantitative estimate of drug-likeness (QED) is 0.245. The van der Waals surface area contributed by atoms with Crippen LogP contribution in [0.5, 0.6) is 0 Å². The molecule has 0 unspecified atom stereocenters. The van der Waals surface area contributed by atoms with Gasteiger partial charge in [0.05, 0.1) is 17.5 Å². The number of nitrogens with two attached hydrogens (primary N) is 1. The minimum atomic E-state index is -4.43. The number of benzene rings is 1. The predicted octanol–water partition coefficient (Wildman–Crippen LogP) is 3.26. The number of pyridine rings is 1. The van der Waals surface area contributed by atoms with Crippen molar-refractivity contribution in [3.05, 3.63) is 47.4 Å². The van der Waals surface area contributed by atoms with Crippen molar-refractivity contribution < 1.29 is 17.6 Å². The number of hydrogen-bond donors (Lipinski definition) is 2. The fourth-order valence-corrected chi connectivity index (χ4v) is 4.91. The Bertz CT molecular complexity index is 1160. The first-order valence-corrected chi connectivity index (χ1v) is 12.8. The molecular weight excluding hydrogens is 520 g/mol. The minimum absolute atomic E-state index is 0.0189. The number of hydrogen-bond acceptors (Lipinski definition) is 7. The Labute approximate surface area is 225 Å². The third-order valence-electron chi connectivity index (χ3n) is 6.94. The van der Waals surface area contributed by atoms with Gasteiger partial charge in [0, 0.05) is 62.8 Å². The fourth-order valence-electron chi connectivity index (χ4n) is 4.86. The number of rotatable bonds is 6. The van der Waals surface area contributed by atoms with Crippen molar-refractivity contribution in [2.24, 2.45) is 10.8 Å². The molecule has 0 aliphatic carbocycles. The Kier molecular flexibility index (Phi) is 8.56. The average molecular weight is 553 g/mol.